The summed E-state index contributed by atoms with van der Waals surface area (Å²) in [6.45, 7) is 4.94. The number of carbonyl (C=O) groups excluding carboxylic acids is 3. The van der Waals surface area contributed by atoms with E-state index in [9.17, 15) is 14.4 Å². The van der Waals surface area contributed by atoms with Crippen molar-refractivity contribution in [3.05, 3.63) is 36.0 Å². The highest BCUT2D eigenvalue weighted by Gasteiger charge is 2.28. The molecule has 25 heavy (non-hydrogen) atoms. The number of fused-ring (bicyclic) bond motifs is 1. The number of benzene rings is 1. The zero-order valence-corrected chi connectivity index (χ0v) is 14.4. The second kappa shape index (κ2) is 7.35. The lowest BCUT2D eigenvalue weighted by Gasteiger charge is -2.21. The Morgan fingerprint density at radius 3 is 2.56 bits per heavy atom. The molecule has 1 atom stereocenters. The topological polar surface area (TPSA) is 126 Å². The van der Waals surface area contributed by atoms with Crippen molar-refractivity contribution in [2.45, 2.75) is 38.8 Å². The van der Waals surface area contributed by atoms with Gasteiger partial charge < -0.3 is 15.0 Å². The SMILES string of the molecule is CC(C)(C)OC(=O)C(=O)N[C@@H](Cc1c[nH]c2ccccc12)C(=O)NN. The van der Waals surface area contributed by atoms with Crippen molar-refractivity contribution < 1.29 is 19.1 Å². The molecule has 8 heteroatoms. The van der Waals surface area contributed by atoms with E-state index in [0.29, 0.717) is 0 Å². The first-order valence-electron chi connectivity index (χ1n) is 7.80. The number of carbonyl (C=O) groups is 3. The summed E-state index contributed by atoms with van der Waals surface area (Å²) in [7, 11) is 0. The molecule has 2 amide bonds. The van der Waals surface area contributed by atoms with Gasteiger partial charge in [-0.3, -0.25) is 15.0 Å². The average molecular weight is 346 g/mol. The molecule has 134 valence electrons. The molecule has 0 radical (unpaired) electrons. The van der Waals surface area contributed by atoms with Crippen LogP contribution in [-0.4, -0.2) is 34.4 Å². The molecule has 0 saturated carbocycles. The van der Waals surface area contributed by atoms with Crippen molar-refractivity contribution in [2.75, 3.05) is 0 Å². The second-order valence-corrected chi connectivity index (χ2v) is 6.60. The van der Waals surface area contributed by atoms with E-state index in [1.165, 1.54) is 0 Å². The highest BCUT2D eigenvalue weighted by atomic mass is 16.6. The predicted octanol–water partition coefficient (Wildman–Crippen LogP) is 0.527. The standard InChI is InChI=1S/C17H22N4O4/c1-17(2,3)25-16(24)15(23)20-13(14(22)21-18)8-10-9-19-12-7-5-4-6-11(10)12/h4-7,9,13,19H,8,18H2,1-3H3,(H,20,23)(H,21,22)/t13-/m0/s1. The number of rotatable bonds is 4. The summed E-state index contributed by atoms with van der Waals surface area (Å²) >= 11 is 0. The first-order valence-corrected chi connectivity index (χ1v) is 7.80. The van der Waals surface area contributed by atoms with Crippen molar-refractivity contribution in [3.8, 4) is 0 Å². The molecule has 1 aromatic heterocycles. The minimum Gasteiger partial charge on any atom is -0.453 e. The van der Waals surface area contributed by atoms with Gasteiger partial charge in [-0.1, -0.05) is 18.2 Å². The van der Waals surface area contributed by atoms with Crippen molar-refractivity contribution >= 4 is 28.7 Å². The van der Waals surface area contributed by atoms with Crippen molar-refractivity contribution in [1.29, 1.82) is 0 Å². The van der Waals surface area contributed by atoms with Crippen molar-refractivity contribution in [2.24, 2.45) is 5.84 Å². The maximum Gasteiger partial charge on any atom is 0.397 e. The van der Waals surface area contributed by atoms with Crippen LogP contribution in [-0.2, 0) is 25.5 Å². The molecule has 0 unspecified atom stereocenters. The quantitative estimate of drug-likeness (QED) is 0.211. The third-order valence-corrected chi connectivity index (χ3v) is 3.45. The number of amides is 2. The maximum atomic E-state index is 12.0. The van der Waals surface area contributed by atoms with Gasteiger partial charge in [0.1, 0.15) is 11.6 Å². The summed E-state index contributed by atoms with van der Waals surface area (Å²) in [5.41, 5.74) is 2.91. The number of aromatic amines is 1. The van der Waals surface area contributed by atoms with Gasteiger partial charge in [0, 0.05) is 23.5 Å². The number of ether oxygens (including phenoxy) is 1. The Morgan fingerprint density at radius 2 is 1.92 bits per heavy atom. The van der Waals surface area contributed by atoms with E-state index < -0.39 is 29.4 Å². The number of nitrogens with one attached hydrogen (secondary N) is 3. The lowest BCUT2D eigenvalue weighted by molar-refractivity contribution is -0.163. The number of hydrazine groups is 1. The van der Waals surface area contributed by atoms with Gasteiger partial charge in [0.05, 0.1) is 0 Å². The predicted molar refractivity (Wildman–Crippen MR) is 92.1 cm³/mol. The molecule has 0 spiro atoms. The highest BCUT2D eigenvalue weighted by Crippen LogP contribution is 2.19. The fourth-order valence-corrected chi connectivity index (χ4v) is 2.37. The van der Waals surface area contributed by atoms with Gasteiger partial charge in [-0.2, -0.15) is 0 Å². The molecule has 0 aliphatic rings. The molecule has 8 nitrogen and oxygen atoms in total. The van der Waals surface area contributed by atoms with Crippen LogP contribution < -0.4 is 16.6 Å². The first kappa shape index (κ1) is 18.5. The number of aromatic nitrogens is 1. The maximum absolute atomic E-state index is 12.0. The van der Waals surface area contributed by atoms with Crippen LogP contribution in [0.15, 0.2) is 30.5 Å². The minimum atomic E-state index is -1.05. The van der Waals surface area contributed by atoms with E-state index in [1.54, 1.807) is 27.0 Å². The lowest BCUT2D eigenvalue weighted by atomic mass is 10.0. The van der Waals surface area contributed by atoms with E-state index >= 15 is 0 Å². The minimum absolute atomic E-state index is 0.168. The summed E-state index contributed by atoms with van der Waals surface area (Å²) in [5.74, 6) is 2.53. The molecule has 0 fully saturated rings. The summed E-state index contributed by atoms with van der Waals surface area (Å²) in [4.78, 5) is 38.9. The Labute approximate surface area is 145 Å². The third-order valence-electron chi connectivity index (χ3n) is 3.45. The van der Waals surface area contributed by atoms with Gasteiger partial charge in [-0.15, -0.1) is 0 Å². The third kappa shape index (κ3) is 4.80. The van der Waals surface area contributed by atoms with Gasteiger partial charge in [0.15, 0.2) is 0 Å². The van der Waals surface area contributed by atoms with E-state index in [-0.39, 0.29) is 6.42 Å². The Morgan fingerprint density at radius 1 is 1.24 bits per heavy atom. The molecule has 0 bridgehead atoms. The van der Waals surface area contributed by atoms with Crippen LogP contribution in [0, 0.1) is 0 Å². The smallest absolute Gasteiger partial charge is 0.397 e. The molecule has 0 aliphatic carbocycles. The van der Waals surface area contributed by atoms with Crippen LogP contribution in [0.3, 0.4) is 0 Å². The Balaban J connectivity index is 2.15. The molecular formula is C17H22N4O4. The van der Waals surface area contributed by atoms with Crippen LogP contribution in [0.2, 0.25) is 0 Å². The van der Waals surface area contributed by atoms with Gasteiger partial charge in [0.2, 0.25) is 0 Å². The van der Waals surface area contributed by atoms with Gasteiger partial charge >= 0.3 is 11.9 Å². The number of para-hydroxylation sites is 1. The van der Waals surface area contributed by atoms with Crippen LogP contribution in [0.5, 0.6) is 0 Å². The largest absolute Gasteiger partial charge is 0.453 e. The first-order chi connectivity index (χ1) is 11.7. The van der Waals surface area contributed by atoms with E-state index in [0.717, 1.165) is 16.5 Å². The highest BCUT2D eigenvalue weighted by molar-refractivity contribution is 6.33. The second-order valence-electron chi connectivity index (χ2n) is 6.60. The lowest BCUT2D eigenvalue weighted by Crippen LogP contribution is -2.52. The fourth-order valence-electron chi connectivity index (χ4n) is 2.37. The number of hydrogen-bond acceptors (Lipinski definition) is 5. The molecular weight excluding hydrogens is 324 g/mol. The molecule has 2 rings (SSSR count). The van der Waals surface area contributed by atoms with Crippen molar-refractivity contribution in [1.82, 2.24) is 15.7 Å². The zero-order valence-electron chi connectivity index (χ0n) is 14.4. The van der Waals surface area contributed by atoms with Crippen LogP contribution in [0.25, 0.3) is 10.9 Å². The number of H-pyrrole nitrogens is 1. The van der Waals surface area contributed by atoms with Crippen LogP contribution in [0.1, 0.15) is 26.3 Å². The van der Waals surface area contributed by atoms with E-state index in [4.69, 9.17) is 10.6 Å². The summed E-state index contributed by atoms with van der Waals surface area (Å²) in [5, 5.41) is 3.29. The molecule has 1 heterocycles. The average Bonchev–Trinajstić information content (AvgIpc) is 2.95. The van der Waals surface area contributed by atoms with E-state index in [2.05, 4.69) is 10.3 Å². The monoisotopic (exact) mass is 346 g/mol. The van der Waals surface area contributed by atoms with E-state index in [1.807, 2.05) is 29.7 Å². The number of hydrogen-bond donors (Lipinski definition) is 4. The molecule has 2 aromatic rings. The Hall–Kier alpha value is -2.87. The molecule has 1 aromatic carbocycles. The van der Waals surface area contributed by atoms with Gasteiger partial charge in [0.25, 0.3) is 5.91 Å². The number of nitrogens with two attached hydrogens (primary N) is 1. The number of esters is 1. The van der Waals surface area contributed by atoms with Crippen LogP contribution in [0.4, 0.5) is 0 Å². The summed E-state index contributed by atoms with van der Waals surface area (Å²) in [6, 6.07) is 6.54. The zero-order chi connectivity index (χ0) is 18.6. The van der Waals surface area contributed by atoms with Gasteiger partial charge in [-0.25, -0.2) is 10.6 Å². The summed E-state index contributed by atoms with van der Waals surface area (Å²) in [6.07, 6.45) is 1.92. The van der Waals surface area contributed by atoms with Crippen LogP contribution >= 0.6 is 0 Å². The molecule has 0 aliphatic heterocycles. The summed E-state index contributed by atoms with van der Waals surface area (Å²) < 4.78 is 5.00. The Kier molecular flexibility index (Phi) is 5.43. The fraction of sp³-hybridized carbons (Fsp3) is 0.353. The van der Waals surface area contributed by atoms with Crippen molar-refractivity contribution in [3.63, 3.8) is 0 Å². The van der Waals surface area contributed by atoms with Gasteiger partial charge in [-0.05, 0) is 32.4 Å². The molecule has 5 N–H and O–H groups in total. The Bertz CT molecular complexity index is 791. The molecule has 0 saturated heterocycles. The normalized spacial score (nSPS) is 12.5.